The van der Waals surface area contributed by atoms with Gasteiger partial charge in [-0.25, -0.2) is 9.97 Å². The summed E-state index contributed by atoms with van der Waals surface area (Å²) in [6, 6.07) is 1.95. The molecule has 0 saturated heterocycles. The van der Waals surface area contributed by atoms with Gasteiger partial charge in [-0.2, -0.15) is 0 Å². The minimum absolute atomic E-state index is 0.0868. The highest BCUT2D eigenvalue weighted by molar-refractivity contribution is 5.99. The SMILES string of the molecule is CC.Cc1nc2c(C(C)(C)C)[nH]ccc2c2nc3c(=O)c4c(c(O)c3n12)C(C)(C)C(C)(C)C4(C)C. The van der Waals surface area contributed by atoms with Gasteiger partial charge in [-0.1, -0.05) is 76.2 Å². The summed E-state index contributed by atoms with van der Waals surface area (Å²) in [5, 5.41) is 12.6. The molecular formula is C29H40N4O2. The van der Waals surface area contributed by atoms with Crippen molar-refractivity contribution in [2.24, 2.45) is 5.41 Å². The molecule has 1 aromatic carbocycles. The molecule has 0 radical (unpaired) electrons. The average Bonchev–Trinajstić information content (AvgIpc) is 3.22. The van der Waals surface area contributed by atoms with Crippen molar-refractivity contribution in [1.82, 2.24) is 19.4 Å². The van der Waals surface area contributed by atoms with Crippen LogP contribution in [0.25, 0.3) is 27.6 Å². The Morgan fingerprint density at radius 3 is 2.09 bits per heavy atom. The normalized spacial score (nSPS) is 18.1. The van der Waals surface area contributed by atoms with Crippen LogP contribution in [0.3, 0.4) is 0 Å². The van der Waals surface area contributed by atoms with Gasteiger partial charge in [-0.15, -0.1) is 0 Å². The van der Waals surface area contributed by atoms with Gasteiger partial charge in [0, 0.05) is 33.8 Å². The van der Waals surface area contributed by atoms with Crippen molar-refractivity contribution in [2.75, 3.05) is 0 Å². The van der Waals surface area contributed by atoms with E-state index in [1.54, 1.807) is 0 Å². The fraction of sp³-hybridized carbons (Fsp3) is 0.552. The topological polar surface area (TPSA) is 83.3 Å². The molecule has 5 rings (SSSR count). The van der Waals surface area contributed by atoms with Gasteiger partial charge in [0.1, 0.15) is 28.3 Å². The number of hydrogen-bond acceptors (Lipinski definition) is 4. The molecule has 0 fully saturated rings. The molecule has 0 saturated carbocycles. The number of aromatic nitrogens is 4. The highest BCUT2D eigenvalue weighted by Gasteiger charge is 2.59. The average molecular weight is 477 g/mol. The second-order valence-electron chi connectivity index (χ2n) is 12.3. The third kappa shape index (κ3) is 2.91. The predicted octanol–water partition coefficient (Wildman–Crippen LogP) is 6.66. The summed E-state index contributed by atoms with van der Waals surface area (Å²) in [7, 11) is 0. The number of aromatic hydroxyl groups is 1. The largest absolute Gasteiger partial charge is 0.505 e. The number of aryl methyl sites for hydroxylation is 1. The number of benzene rings is 1. The quantitative estimate of drug-likeness (QED) is 0.297. The fourth-order valence-corrected chi connectivity index (χ4v) is 5.94. The van der Waals surface area contributed by atoms with E-state index in [1.807, 2.05) is 37.4 Å². The van der Waals surface area contributed by atoms with Crippen molar-refractivity contribution in [3.63, 3.8) is 0 Å². The second kappa shape index (κ2) is 7.31. The summed E-state index contributed by atoms with van der Waals surface area (Å²) in [4.78, 5) is 27.1. The van der Waals surface area contributed by atoms with Crippen LogP contribution in [0.4, 0.5) is 0 Å². The van der Waals surface area contributed by atoms with Gasteiger partial charge in [0.15, 0.2) is 0 Å². The lowest BCUT2D eigenvalue weighted by Gasteiger charge is -2.44. The third-order valence-corrected chi connectivity index (χ3v) is 8.96. The fourth-order valence-electron chi connectivity index (χ4n) is 5.94. The van der Waals surface area contributed by atoms with Crippen LogP contribution in [0.2, 0.25) is 0 Å². The first-order valence-electron chi connectivity index (χ1n) is 12.7. The molecule has 4 aromatic rings. The molecular weight excluding hydrogens is 436 g/mol. The Kier molecular flexibility index (Phi) is 5.27. The van der Waals surface area contributed by atoms with Crippen molar-refractivity contribution in [1.29, 1.82) is 0 Å². The van der Waals surface area contributed by atoms with Crippen LogP contribution in [0, 0.1) is 12.3 Å². The maximum atomic E-state index is 14.0. The van der Waals surface area contributed by atoms with E-state index < -0.39 is 10.8 Å². The van der Waals surface area contributed by atoms with Gasteiger partial charge in [0.2, 0.25) is 5.43 Å². The van der Waals surface area contributed by atoms with Crippen molar-refractivity contribution in [2.45, 2.75) is 99.3 Å². The lowest BCUT2D eigenvalue weighted by Crippen LogP contribution is -2.43. The Labute approximate surface area is 207 Å². The Hall–Kier alpha value is -2.89. The lowest BCUT2D eigenvalue weighted by molar-refractivity contribution is 0.123. The van der Waals surface area contributed by atoms with Gasteiger partial charge >= 0.3 is 0 Å². The summed E-state index contributed by atoms with van der Waals surface area (Å²) >= 11 is 0. The summed E-state index contributed by atoms with van der Waals surface area (Å²) in [6.07, 6.45) is 1.89. The zero-order valence-corrected chi connectivity index (χ0v) is 23.4. The first-order chi connectivity index (χ1) is 16.0. The molecule has 188 valence electrons. The standard InChI is InChI=1S/C27H34N4O2.C2H6/c1-13-29-17-14(11-12-28-22(17)24(2,3)4)23-30-18-19(31(13)23)21(33)16-15(20(18)32)25(5,6)27(9,10)26(16,7)8;1-2/h11-12,28,33H,1-10H3;1-2H3. The Bertz CT molecular complexity index is 1560. The number of fused-ring (bicyclic) bond motifs is 6. The summed E-state index contributed by atoms with van der Waals surface area (Å²) < 4.78 is 1.86. The monoisotopic (exact) mass is 476 g/mol. The van der Waals surface area contributed by atoms with E-state index in [4.69, 9.17) is 9.97 Å². The highest BCUT2D eigenvalue weighted by atomic mass is 16.3. The minimum atomic E-state index is -0.423. The predicted molar refractivity (Wildman–Crippen MR) is 145 cm³/mol. The number of nitrogens with zero attached hydrogens (tertiary/aromatic N) is 3. The van der Waals surface area contributed by atoms with Crippen LogP contribution in [-0.4, -0.2) is 24.5 Å². The van der Waals surface area contributed by atoms with Crippen molar-refractivity contribution >= 4 is 27.6 Å². The van der Waals surface area contributed by atoms with E-state index in [0.29, 0.717) is 28.1 Å². The molecule has 1 aliphatic carbocycles. The molecule has 0 spiro atoms. The molecule has 2 N–H and O–H groups in total. The number of nitrogens with one attached hydrogen (secondary N) is 1. The Balaban J connectivity index is 0.00000141. The van der Waals surface area contributed by atoms with E-state index in [2.05, 4.69) is 67.3 Å². The zero-order chi connectivity index (χ0) is 26.5. The molecule has 3 heterocycles. The molecule has 6 nitrogen and oxygen atoms in total. The number of phenolic OH excluding ortho intramolecular Hbond substituents is 1. The molecule has 0 unspecified atom stereocenters. The van der Waals surface area contributed by atoms with E-state index in [1.165, 1.54) is 0 Å². The summed E-state index contributed by atoms with van der Waals surface area (Å²) in [5.74, 6) is 0.840. The van der Waals surface area contributed by atoms with E-state index in [9.17, 15) is 9.90 Å². The van der Waals surface area contributed by atoms with Crippen LogP contribution in [0.15, 0.2) is 17.1 Å². The number of aromatic amines is 1. The minimum Gasteiger partial charge on any atom is -0.505 e. The van der Waals surface area contributed by atoms with Crippen molar-refractivity contribution in [3.05, 3.63) is 45.1 Å². The van der Waals surface area contributed by atoms with E-state index in [-0.39, 0.29) is 22.0 Å². The van der Waals surface area contributed by atoms with Gasteiger partial charge < -0.3 is 10.1 Å². The molecule has 3 aromatic heterocycles. The first-order valence-corrected chi connectivity index (χ1v) is 12.7. The zero-order valence-electron chi connectivity index (χ0n) is 23.4. The van der Waals surface area contributed by atoms with Crippen LogP contribution in [-0.2, 0) is 16.2 Å². The first kappa shape index (κ1) is 25.2. The number of rotatable bonds is 0. The van der Waals surface area contributed by atoms with Gasteiger partial charge in [-0.05, 0) is 29.2 Å². The third-order valence-electron chi connectivity index (χ3n) is 8.96. The van der Waals surface area contributed by atoms with Crippen LogP contribution in [0.5, 0.6) is 5.75 Å². The van der Waals surface area contributed by atoms with Crippen LogP contribution < -0.4 is 5.43 Å². The molecule has 0 amide bonds. The smallest absolute Gasteiger partial charge is 0.210 e. The number of imidazole rings is 1. The molecule has 6 heteroatoms. The highest BCUT2D eigenvalue weighted by Crippen LogP contribution is 2.63. The van der Waals surface area contributed by atoms with Gasteiger partial charge in [-0.3, -0.25) is 9.20 Å². The molecule has 1 aliphatic rings. The van der Waals surface area contributed by atoms with Crippen LogP contribution >= 0.6 is 0 Å². The van der Waals surface area contributed by atoms with E-state index in [0.717, 1.165) is 22.2 Å². The summed E-state index contributed by atoms with van der Waals surface area (Å²) in [6.45, 7) is 25.1. The number of H-pyrrole nitrogens is 1. The molecule has 0 bridgehead atoms. The lowest BCUT2D eigenvalue weighted by atomic mass is 9.59. The maximum Gasteiger partial charge on any atom is 0.210 e. The van der Waals surface area contributed by atoms with Crippen molar-refractivity contribution < 1.29 is 5.11 Å². The maximum absolute atomic E-state index is 14.0. The molecule has 0 atom stereocenters. The second-order valence-corrected chi connectivity index (χ2v) is 12.3. The summed E-state index contributed by atoms with van der Waals surface area (Å²) in [5.41, 5.74) is 3.41. The number of pyridine rings is 1. The number of phenols is 1. The van der Waals surface area contributed by atoms with Crippen molar-refractivity contribution in [3.8, 4) is 5.75 Å². The Morgan fingerprint density at radius 2 is 1.51 bits per heavy atom. The van der Waals surface area contributed by atoms with Crippen LogP contribution in [0.1, 0.15) is 98.8 Å². The molecule has 35 heavy (non-hydrogen) atoms. The van der Waals surface area contributed by atoms with E-state index >= 15 is 0 Å². The van der Waals surface area contributed by atoms with Gasteiger partial charge in [0.25, 0.3) is 0 Å². The molecule has 0 aliphatic heterocycles. The Morgan fingerprint density at radius 1 is 0.943 bits per heavy atom. The number of hydrogen-bond donors (Lipinski definition) is 2. The van der Waals surface area contributed by atoms with Gasteiger partial charge in [0.05, 0.1) is 5.52 Å².